The van der Waals surface area contributed by atoms with E-state index in [0.717, 1.165) is 70.2 Å². The third kappa shape index (κ3) is 12.9. The van der Waals surface area contributed by atoms with E-state index in [0.29, 0.717) is 0 Å². The van der Waals surface area contributed by atoms with Gasteiger partial charge in [-0.3, -0.25) is 4.99 Å². The Bertz CT molecular complexity index is 497. The van der Waals surface area contributed by atoms with Crippen LogP contribution in [0.25, 0.3) is 0 Å². The smallest absolute Gasteiger partial charge is 0.191 e. The fourth-order valence-corrected chi connectivity index (χ4v) is 2.63. The second-order valence-electron chi connectivity index (χ2n) is 6.38. The van der Waals surface area contributed by atoms with Gasteiger partial charge in [-0.1, -0.05) is 12.1 Å². The highest BCUT2D eigenvalue weighted by molar-refractivity contribution is 14.0. The number of aryl methyl sites for hydroxylation is 1. The van der Waals surface area contributed by atoms with E-state index in [4.69, 9.17) is 9.47 Å². The van der Waals surface area contributed by atoms with Gasteiger partial charge in [0.05, 0.1) is 7.11 Å². The zero-order valence-electron chi connectivity index (χ0n) is 17.3. The maximum absolute atomic E-state index is 5.18. The lowest BCUT2D eigenvalue weighted by Gasteiger charge is -2.18. The minimum atomic E-state index is 0. The first kappa shape index (κ1) is 25.9. The molecule has 1 aromatic carbocycles. The summed E-state index contributed by atoms with van der Waals surface area (Å²) in [6, 6.07) is 8.31. The van der Waals surface area contributed by atoms with Crippen molar-refractivity contribution < 1.29 is 9.47 Å². The summed E-state index contributed by atoms with van der Waals surface area (Å²) in [5.74, 6) is 1.79. The topological polar surface area (TPSA) is 58.1 Å². The van der Waals surface area contributed by atoms with Crippen molar-refractivity contribution in [2.45, 2.75) is 25.7 Å². The van der Waals surface area contributed by atoms with Gasteiger partial charge in [-0.25, -0.2) is 0 Å². The minimum absolute atomic E-state index is 0. The molecule has 0 fully saturated rings. The van der Waals surface area contributed by atoms with Crippen LogP contribution in [0.15, 0.2) is 29.3 Å². The van der Waals surface area contributed by atoms with Crippen LogP contribution in [0.2, 0.25) is 0 Å². The Balaban J connectivity index is 0.00000676. The normalized spacial score (nSPS) is 11.2. The monoisotopic (exact) mass is 492 g/mol. The number of methoxy groups -OCH3 is 2. The number of hydrogen-bond donors (Lipinski definition) is 2. The quantitative estimate of drug-likeness (QED) is 0.192. The highest BCUT2D eigenvalue weighted by Crippen LogP contribution is 2.12. The molecule has 0 radical (unpaired) electrons. The number of nitrogens with one attached hydrogen (secondary N) is 2. The molecule has 6 nitrogen and oxygen atoms in total. The first-order valence-electron chi connectivity index (χ1n) is 9.44. The van der Waals surface area contributed by atoms with Crippen molar-refractivity contribution >= 4 is 29.9 Å². The van der Waals surface area contributed by atoms with Crippen molar-refractivity contribution in [3.8, 4) is 5.75 Å². The van der Waals surface area contributed by atoms with Crippen LogP contribution in [0.1, 0.15) is 24.8 Å². The fourth-order valence-electron chi connectivity index (χ4n) is 2.63. The van der Waals surface area contributed by atoms with Crippen LogP contribution in [-0.4, -0.2) is 72.0 Å². The number of ether oxygens (including phenoxy) is 2. The van der Waals surface area contributed by atoms with Crippen LogP contribution >= 0.6 is 24.0 Å². The van der Waals surface area contributed by atoms with Crippen LogP contribution in [0.5, 0.6) is 5.75 Å². The summed E-state index contributed by atoms with van der Waals surface area (Å²) >= 11 is 0. The van der Waals surface area contributed by atoms with Crippen molar-refractivity contribution in [1.29, 1.82) is 0 Å². The molecule has 1 aromatic rings. The number of aliphatic imine (C=N–C) groups is 1. The second kappa shape index (κ2) is 17.1. The van der Waals surface area contributed by atoms with Gasteiger partial charge >= 0.3 is 0 Å². The Kier molecular flexibility index (Phi) is 16.4. The second-order valence-corrected chi connectivity index (χ2v) is 6.38. The van der Waals surface area contributed by atoms with E-state index >= 15 is 0 Å². The van der Waals surface area contributed by atoms with Crippen molar-refractivity contribution in [2.75, 3.05) is 61.1 Å². The van der Waals surface area contributed by atoms with Crippen molar-refractivity contribution in [3.63, 3.8) is 0 Å². The highest BCUT2D eigenvalue weighted by atomic mass is 127. The lowest BCUT2D eigenvalue weighted by molar-refractivity contribution is 0.180. The molecule has 0 amide bonds. The third-order valence-corrected chi connectivity index (χ3v) is 4.24. The molecule has 0 aliphatic carbocycles. The molecule has 0 bridgehead atoms. The molecule has 27 heavy (non-hydrogen) atoms. The van der Waals surface area contributed by atoms with Gasteiger partial charge < -0.3 is 25.0 Å². The van der Waals surface area contributed by atoms with Gasteiger partial charge in [0.1, 0.15) is 5.75 Å². The molecule has 7 heteroatoms. The van der Waals surface area contributed by atoms with E-state index in [-0.39, 0.29) is 24.0 Å². The first-order chi connectivity index (χ1) is 12.7. The number of rotatable bonds is 13. The number of nitrogens with zero attached hydrogens (tertiary/aromatic N) is 2. The predicted octanol–water partition coefficient (Wildman–Crippen LogP) is 2.77. The van der Waals surface area contributed by atoms with Gasteiger partial charge in [-0.05, 0) is 50.4 Å². The number of hydrogen-bond acceptors (Lipinski definition) is 4. The Morgan fingerprint density at radius 1 is 1.00 bits per heavy atom. The molecule has 0 aliphatic heterocycles. The maximum Gasteiger partial charge on any atom is 0.191 e. The van der Waals surface area contributed by atoms with Gasteiger partial charge in [0.25, 0.3) is 0 Å². The lowest BCUT2D eigenvalue weighted by atomic mass is 10.1. The summed E-state index contributed by atoms with van der Waals surface area (Å²) in [5.41, 5.74) is 1.35. The summed E-state index contributed by atoms with van der Waals surface area (Å²) in [6.45, 7) is 4.67. The number of unbranched alkanes of at least 4 members (excludes halogenated alkanes) is 1. The predicted molar refractivity (Wildman–Crippen MR) is 125 cm³/mol. The Hall–Kier alpha value is -1.06. The number of halogens is 1. The molecular weight excluding hydrogens is 455 g/mol. The summed E-state index contributed by atoms with van der Waals surface area (Å²) in [5, 5.41) is 6.74. The molecule has 0 atom stereocenters. The number of benzene rings is 1. The van der Waals surface area contributed by atoms with Crippen LogP contribution in [0.4, 0.5) is 0 Å². The van der Waals surface area contributed by atoms with Crippen molar-refractivity contribution in [2.24, 2.45) is 4.99 Å². The van der Waals surface area contributed by atoms with Gasteiger partial charge in [-0.15, -0.1) is 24.0 Å². The number of likely N-dealkylation sites (N-methyl/N-ethyl adjacent to an activating group) is 1. The van der Waals surface area contributed by atoms with E-state index in [1.54, 1.807) is 14.2 Å². The molecule has 2 N–H and O–H groups in total. The van der Waals surface area contributed by atoms with E-state index in [1.807, 2.05) is 19.2 Å². The van der Waals surface area contributed by atoms with Crippen LogP contribution in [0, 0.1) is 0 Å². The standard InChI is InChI=1S/C20H36N4O2.HI/c1-21-20(23-14-16-24(2)15-7-17-25-3)22-13-6-5-8-18-9-11-19(26-4)12-10-18;/h9-12H,5-8,13-17H2,1-4H3,(H2,21,22,23);1H. The summed E-state index contributed by atoms with van der Waals surface area (Å²) < 4.78 is 10.3. The molecule has 156 valence electrons. The Morgan fingerprint density at radius 3 is 2.33 bits per heavy atom. The largest absolute Gasteiger partial charge is 0.497 e. The Labute approximate surface area is 182 Å². The van der Waals surface area contributed by atoms with E-state index < -0.39 is 0 Å². The lowest BCUT2D eigenvalue weighted by Crippen LogP contribution is -2.41. The summed E-state index contributed by atoms with van der Waals surface area (Å²) in [4.78, 5) is 6.58. The zero-order chi connectivity index (χ0) is 19.0. The molecule has 0 heterocycles. The summed E-state index contributed by atoms with van der Waals surface area (Å²) in [7, 11) is 7.39. The summed E-state index contributed by atoms with van der Waals surface area (Å²) in [6.07, 6.45) is 4.42. The molecule has 0 aliphatic rings. The molecule has 0 aromatic heterocycles. The average Bonchev–Trinajstić information content (AvgIpc) is 2.67. The van der Waals surface area contributed by atoms with E-state index in [1.165, 1.54) is 5.56 Å². The fraction of sp³-hybridized carbons (Fsp3) is 0.650. The molecule has 0 saturated carbocycles. The molecule has 0 unspecified atom stereocenters. The van der Waals surface area contributed by atoms with Crippen LogP contribution < -0.4 is 15.4 Å². The van der Waals surface area contributed by atoms with Crippen molar-refractivity contribution in [1.82, 2.24) is 15.5 Å². The zero-order valence-corrected chi connectivity index (χ0v) is 19.6. The highest BCUT2D eigenvalue weighted by Gasteiger charge is 2.01. The SMILES string of the molecule is CN=C(NCCCCc1ccc(OC)cc1)NCCN(C)CCCOC.I. The number of guanidine groups is 1. The van der Waals surface area contributed by atoms with Gasteiger partial charge in [-0.2, -0.15) is 0 Å². The molecule has 0 spiro atoms. The third-order valence-electron chi connectivity index (χ3n) is 4.24. The minimum Gasteiger partial charge on any atom is -0.497 e. The first-order valence-corrected chi connectivity index (χ1v) is 9.44. The Morgan fingerprint density at radius 2 is 1.70 bits per heavy atom. The maximum atomic E-state index is 5.18. The van der Waals surface area contributed by atoms with Gasteiger partial charge in [0.15, 0.2) is 5.96 Å². The van der Waals surface area contributed by atoms with Crippen LogP contribution in [-0.2, 0) is 11.2 Å². The molecule has 0 saturated heterocycles. The van der Waals surface area contributed by atoms with E-state index in [9.17, 15) is 0 Å². The van der Waals surface area contributed by atoms with Gasteiger partial charge in [0.2, 0.25) is 0 Å². The van der Waals surface area contributed by atoms with Gasteiger partial charge in [0, 0.05) is 46.9 Å². The van der Waals surface area contributed by atoms with E-state index in [2.05, 4.69) is 39.7 Å². The average molecular weight is 492 g/mol. The molecular formula is C20H37IN4O2. The van der Waals surface area contributed by atoms with Crippen molar-refractivity contribution in [3.05, 3.63) is 29.8 Å². The van der Waals surface area contributed by atoms with Crippen LogP contribution in [0.3, 0.4) is 0 Å². The molecule has 1 rings (SSSR count).